The summed E-state index contributed by atoms with van der Waals surface area (Å²) in [6.45, 7) is 19.5. The number of nitrogens with one attached hydrogen (secondary N) is 11. The Balaban J connectivity index is 0.000000144. The van der Waals surface area contributed by atoms with E-state index in [0.29, 0.717) is 125 Å². The Hall–Kier alpha value is -12.6. The summed E-state index contributed by atoms with van der Waals surface area (Å²) in [6.07, 6.45) is 17.9. The minimum atomic E-state index is -0.0980. The summed E-state index contributed by atoms with van der Waals surface area (Å²) in [6, 6.07) is 44.3. The van der Waals surface area contributed by atoms with Crippen molar-refractivity contribution in [3.8, 4) is 5.75 Å². The molecule has 12 N–H and O–H groups in total. The second-order valence-electron chi connectivity index (χ2n) is 31.1. The van der Waals surface area contributed by atoms with Crippen molar-refractivity contribution in [2.45, 2.75) is 91.7 Å². The van der Waals surface area contributed by atoms with E-state index >= 15 is 0 Å². The van der Waals surface area contributed by atoms with E-state index in [1.54, 1.807) is 38.0 Å². The molecule has 33 nitrogen and oxygen atoms in total. The van der Waals surface area contributed by atoms with Crippen molar-refractivity contribution < 1.29 is 9.84 Å². The molecule has 11 heterocycles. The van der Waals surface area contributed by atoms with Gasteiger partial charge in [-0.1, -0.05) is 58.5 Å². The highest BCUT2D eigenvalue weighted by atomic mass is 35.5. The lowest BCUT2D eigenvalue weighted by Gasteiger charge is -2.27. The van der Waals surface area contributed by atoms with Crippen LogP contribution in [0.2, 0.25) is 35.9 Å². The molecule has 0 bridgehead atoms. The molecular weight excluding hydrogens is 1830 g/mol. The molecule has 2 saturated heterocycles. The fourth-order valence-corrected chi connectivity index (χ4v) is 16.0. The number of nitrogens with zero attached hydrogens (tertiary/aromatic N) is 20. The summed E-state index contributed by atoms with van der Waals surface area (Å²) in [5.41, 5.74) is 12.1. The molecule has 2 aliphatic heterocycles. The van der Waals surface area contributed by atoms with Gasteiger partial charge >= 0.3 is 0 Å². The summed E-state index contributed by atoms with van der Waals surface area (Å²) in [7, 11) is 1.60. The number of piperidine rings is 2. The first-order valence-electron chi connectivity index (χ1n) is 44.1. The van der Waals surface area contributed by atoms with Gasteiger partial charge in [-0.2, -0.15) is 59.8 Å². The van der Waals surface area contributed by atoms with Gasteiger partial charge in [0.05, 0.1) is 41.3 Å². The largest absolute Gasteiger partial charge is 0.497 e. The zero-order valence-electron chi connectivity index (χ0n) is 74.2. The highest BCUT2D eigenvalue weighted by molar-refractivity contribution is 6.33. The molecule has 1 atom stereocenters. The van der Waals surface area contributed by atoms with E-state index in [4.69, 9.17) is 95.9 Å². The average Bonchev–Trinajstić information content (AvgIpc) is 0.832. The summed E-state index contributed by atoms with van der Waals surface area (Å²) in [5.74, 6) is 5.24. The molecule has 0 saturated carbocycles. The monoisotopic (exact) mass is 1930 g/mol. The van der Waals surface area contributed by atoms with Crippen LogP contribution in [-0.2, 0) is 6.61 Å². The smallest absolute Gasteiger partial charge is 0.233 e. The number of pyridine rings is 5. The van der Waals surface area contributed by atoms with Crippen LogP contribution in [0.3, 0.4) is 0 Å². The molecule has 0 aliphatic carbocycles. The third kappa shape index (κ3) is 28.2. The van der Waals surface area contributed by atoms with E-state index in [9.17, 15) is 5.11 Å². The Kier molecular flexibility index (Phi) is 35.3. The fourth-order valence-electron chi connectivity index (χ4n) is 14.9. The molecular formula is C93H104Cl7N31O2. The van der Waals surface area contributed by atoms with Crippen molar-refractivity contribution in [3.63, 3.8) is 0 Å². The maximum absolute atomic E-state index is 9.65. The van der Waals surface area contributed by atoms with E-state index in [1.807, 2.05) is 140 Å². The third-order valence-electron chi connectivity index (χ3n) is 21.5. The lowest BCUT2D eigenvalue weighted by molar-refractivity contribution is 0.281. The maximum Gasteiger partial charge on any atom is 0.233 e. The van der Waals surface area contributed by atoms with Gasteiger partial charge in [0.2, 0.25) is 69.4 Å². The normalized spacial score (nSPS) is 12.6. The maximum atomic E-state index is 9.65. The van der Waals surface area contributed by atoms with Crippen LogP contribution in [-0.4, -0.2) is 201 Å². The van der Waals surface area contributed by atoms with Crippen molar-refractivity contribution in [2.24, 2.45) is 0 Å². The lowest BCUT2D eigenvalue weighted by Crippen LogP contribution is -2.32. The van der Waals surface area contributed by atoms with Crippen LogP contribution in [0, 0.1) is 6.92 Å². The predicted molar refractivity (Wildman–Crippen MR) is 544 cm³/mol. The van der Waals surface area contributed by atoms with Crippen molar-refractivity contribution in [2.75, 3.05) is 178 Å². The number of fused-ring (bicyclic) bond motifs is 5. The average molecular weight is 1940 g/mol. The molecule has 6 aromatic carbocycles. The number of aliphatic hydroxyl groups is 1. The molecule has 2 aliphatic rings. The van der Waals surface area contributed by atoms with Gasteiger partial charge < -0.3 is 83.0 Å². The molecule has 1 unspecified atom stereocenters. The molecule has 40 heteroatoms. The first kappa shape index (κ1) is 96.5. The topological polar surface area (TPSA) is 391 Å². The third-order valence-corrected chi connectivity index (χ3v) is 22.9. The van der Waals surface area contributed by atoms with E-state index in [1.165, 1.54) is 31.2 Å². The Morgan fingerprint density at radius 3 is 1.20 bits per heavy atom. The Bertz CT molecular complexity index is 6250. The molecule has 9 aromatic heterocycles. The number of aliphatic hydroxyl groups excluding tert-OH is 1. The van der Waals surface area contributed by atoms with E-state index in [2.05, 4.69) is 175 Å². The number of benzene rings is 6. The molecule has 0 spiro atoms. The number of methoxy groups -OCH3 is 1. The molecule has 15 aromatic rings. The number of anilines is 15. The van der Waals surface area contributed by atoms with Crippen LogP contribution in [0.1, 0.15) is 83.3 Å². The number of ether oxygens (including phenoxy) is 1. The SMILES string of the molecule is CCN(CC)c1nc(Cl)nc(NCCNc2ccnc3cc(Cl)ccc23)n1.COc1cc(CO)cc(Nc2nc(NC(C)CNc3ccnc4cc(Cl)ccc34)nc(N3CCCCC3)n2)c1.Cc1ccc2c(NCCNc3nc(Cl)nc(NCCNc4ccnc5cc(Cl)ccc45)n3)ccnc2c1.Clc1ccc2c(NCCCCNc3nc(Cl)nc(N4CCCCC4)n3)ccnc2c1. The summed E-state index contributed by atoms with van der Waals surface area (Å²) in [4.78, 5) is 81.1. The standard InChI is InChI=1S/C28H33ClN8O2.C26H25Cl2N9.C21H25Cl2N7.C18H21Cl2N7/c1-18(16-31-24-8-9-30-25-14-20(29)6-7-23(24)25)32-26-34-27(36-28(35-26)37-10-4-3-5-11-37)33-21-12-19(17-38)13-22(15-21)39-2;1-16-2-4-18-20(6-8-29-22(18)14-16)31-10-12-33-25-35-24(28)36-26(37-25)34-13-11-32-21-7-9-30-23-15-17(27)3-5-19(21)23;22-15-6-7-16-17(8-11-25-18(16)14-15)24-9-2-3-10-26-20-27-19(23)28-21(29-20)30-12-4-1-5-13-30;1-3-27(4-2)18-25-16(20)24-17(26-18)23-10-9-22-14-7-8-21-15-11-12(19)5-6-13(14)15/h6-9,12-15,18,38H,3-5,10-11,16-17H2,1-2H3,(H,30,31)(H2,32,33,34,35,36);2-9,14-15H,10-13H2,1H3,(H,29,31)(H,30,32)(H2,33,34,35,36,37);6-8,11,14H,1-5,9-10,12-13H2,(H,24,25)(H,26,27,28,29);5-8,11H,3-4,9-10H2,1-2H3,(H,21,22)(H,23,24,25,26). The highest BCUT2D eigenvalue weighted by Crippen LogP contribution is 2.33. The molecule has 2 fully saturated rings. The van der Waals surface area contributed by atoms with Gasteiger partial charge in [-0.3, -0.25) is 24.9 Å². The second kappa shape index (κ2) is 48.7. The number of halogens is 7. The van der Waals surface area contributed by atoms with E-state index in [-0.39, 0.29) is 28.5 Å². The molecule has 0 radical (unpaired) electrons. The first-order chi connectivity index (χ1) is 64.8. The van der Waals surface area contributed by atoms with Crippen LogP contribution in [0.5, 0.6) is 5.75 Å². The van der Waals surface area contributed by atoms with Crippen LogP contribution in [0.15, 0.2) is 171 Å². The second-order valence-corrected chi connectivity index (χ2v) is 33.9. The van der Waals surface area contributed by atoms with Gasteiger partial charge in [-0.25, -0.2) is 0 Å². The molecule has 0 amide bonds. The minimum absolute atomic E-state index is 0.00258. The zero-order valence-corrected chi connectivity index (χ0v) is 79.5. The fraction of sp³-hybridized carbons (Fsp3) is 0.323. The van der Waals surface area contributed by atoms with Crippen LogP contribution in [0.25, 0.3) is 54.5 Å². The number of unbranched alkanes of at least 4 members (excludes halogenated alkanes) is 1. The number of rotatable bonds is 36. The van der Waals surface area contributed by atoms with Gasteiger partial charge in [0.1, 0.15) is 5.75 Å². The Labute approximate surface area is 805 Å². The van der Waals surface area contributed by atoms with Crippen molar-refractivity contribution in [1.29, 1.82) is 0 Å². The molecule has 17 rings (SSSR count). The van der Waals surface area contributed by atoms with Crippen molar-refractivity contribution >= 4 is 223 Å². The summed E-state index contributed by atoms with van der Waals surface area (Å²) in [5, 5.41) is 54.8. The number of hydrogen-bond donors (Lipinski definition) is 12. The van der Waals surface area contributed by atoms with Crippen molar-refractivity contribution in [3.05, 3.63) is 218 Å². The Morgan fingerprint density at radius 2 is 0.744 bits per heavy atom. The highest BCUT2D eigenvalue weighted by Gasteiger charge is 2.21. The number of hydrogen-bond acceptors (Lipinski definition) is 33. The first-order valence-corrected chi connectivity index (χ1v) is 46.7. The minimum Gasteiger partial charge on any atom is -0.497 e. The predicted octanol–water partition coefficient (Wildman–Crippen LogP) is 20.0. The van der Waals surface area contributed by atoms with E-state index in [0.717, 1.165) is 172 Å². The van der Waals surface area contributed by atoms with Gasteiger partial charge in [0.15, 0.2) is 0 Å². The van der Waals surface area contributed by atoms with Gasteiger partial charge in [0, 0.05) is 222 Å². The zero-order chi connectivity index (χ0) is 92.8. The van der Waals surface area contributed by atoms with Gasteiger partial charge in [-0.15, -0.1) is 0 Å². The lowest BCUT2D eigenvalue weighted by atomic mass is 10.1. The van der Waals surface area contributed by atoms with Gasteiger partial charge in [0.25, 0.3) is 0 Å². The Morgan fingerprint density at radius 1 is 0.376 bits per heavy atom. The summed E-state index contributed by atoms with van der Waals surface area (Å²) >= 11 is 42.6. The van der Waals surface area contributed by atoms with E-state index < -0.39 is 0 Å². The quantitative estimate of drug-likeness (QED) is 0.0162. The molecule has 133 heavy (non-hydrogen) atoms. The van der Waals surface area contributed by atoms with Crippen LogP contribution >= 0.6 is 81.2 Å². The number of aryl methyl sites for hydroxylation is 1. The molecule has 692 valence electrons. The van der Waals surface area contributed by atoms with Crippen molar-refractivity contribution in [1.82, 2.24) is 84.7 Å². The van der Waals surface area contributed by atoms with Crippen LogP contribution < -0.4 is 77.9 Å². The van der Waals surface area contributed by atoms with Crippen LogP contribution in [0.4, 0.5) is 87.7 Å². The summed E-state index contributed by atoms with van der Waals surface area (Å²) < 4.78 is 5.38. The van der Waals surface area contributed by atoms with Gasteiger partial charge in [-0.05, 0) is 246 Å². The number of aromatic nitrogens is 17.